The van der Waals surface area contributed by atoms with Crippen LogP contribution in [0, 0.1) is 5.41 Å². The zero-order valence-electron chi connectivity index (χ0n) is 13.4. The first-order chi connectivity index (χ1) is 9.45. The van der Waals surface area contributed by atoms with Crippen molar-refractivity contribution < 1.29 is 4.79 Å². The molecule has 2 rings (SSSR count). The standard InChI is InChI=1S/C16H31N3O/c1-13(2)19(14-6-4-5-7-14)15(20)10-18-9-8-16(3,11-17)12-18/h13-14H,4-12,17H2,1-3H3. The summed E-state index contributed by atoms with van der Waals surface area (Å²) in [5.41, 5.74) is 6.05. The summed E-state index contributed by atoms with van der Waals surface area (Å²) in [6.45, 7) is 9.78. The van der Waals surface area contributed by atoms with Gasteiger partial charge in [0, 0.05) is 18.6 Å². The summed E-state index contributed by atoms with van der Waals surface area (Å²) in [6.07, 6.45) is 6.03. The van der Waals surface area contributed by atoms with E-state index in [1.54, 1.807) is 0 Å². The molecule has 1 atom stereocenters. The number of hydrogen-bond donors (Lipinski definition) is 1. The van der Waals surface area contributed by atoms with Crippen molar-refractivity contribution in [2.45, 2.75) is 65.0 Å². The molecule has 0 aromatic heterocycles. The molecule has 4 heteroatoms. The Hall–Kier alpha value is -0.610. The molecule has 1 aliphatic carbocycles. The van der Waals surface area contributed by atoms with Gasteiger partial charge in [-0.1, -0.05) is 19.8 Å². The van der Waals surface area contributed by atoms with E-state index in [1.165, 1.54) is 25.7 Å². The van der Waals surface area contributed by atoms with Gasteiger partial charge in [0.25, 0.3) is 0 Å². The minimum atomic E-state index is 0.205. The van der Waals surface area contributed by atoms with Crippen LogP contribution in [0.1, 0.15) is 52.9 Å². The van der Waals surface area contributed by atoms with Gasteiger partial charge in [0.05, 0.1) is 6.54 Å². The first-order valence-electron chi connectivity index (χ1n) is 8.19. The van der Waals surface area contributed by atoms with Crippen LogP contribution in [-0.2, 0) is 4.79 Å². The molecule has 0 bridgehead atoms. The topological polar surface area (TPSA) is 49.6 Å². The Balaban J connectivity index is 1.92. The van der Waals surface area contributed by atoms with Crippen LogP contribution in [0.2, 0.25) is 0 Å². The lowest BCUT2D eigenvalue weighted by molar-refractivity contribution is -0.136. The molecule has 1 amide bonds. The minimum Gasteiger partial charge on any atom is -0.336 e. The second kappa shape index (κ2) is 6.44. The predicted octanol–water partition coefficient (Wildman–Crippen LogP) is 1.84. The van der Waals surface area contributed by atoms with Crippen LogP contribution in [0.4, 0.5) is 0 Å². The van der Waals surface area contributed by atoms with Crippen molar-refractivity contribution in [2.75, 3.05) is 26.2 Å². The maximum atomic E-state index is 12.7. The molecule has 0 radical (unpaired) electrons. The van der Waals surface area contributed by atoms with Crippen molar-refractivity contribution in [3.63, 3.8) is 0 Å². The first-order valence-corrected chi connectivity index (χ1v) is 8.19. The Kier molecular flexibility index (Phi) is 5.08. The van der Waals surface area contributed by atoms with Crippen molar-refractivity contribution in [1.29, 1.82) is 0 Å². The van der Waals surface area contributed by atoms with Crippen LogP contribution in [0.3, 0.4) is 0 Å². The lowest BCUT2D eigenvalue weighted by Gasteiger charge is -2.34. The largest absolute Gasteiger partial charge is 0.336 e. The number of rotatable bonds is 5. The molecular weight excluding hydrogens is 250 g/mol. The molecule has 1 saturated carbocycles. The van der Waals surface area contributed by atoms with E-state index in [4.69, 9.17) is 5.73 Å². The van der Waals surface area contributed by atoms with Gasteiger partial charge in [0.2, 0.25) is 5.91 Å². The number of hydrogen-bond acceptors (Lipinski definition) is 3. The van der Waals surface area contributed by atoms with Gasteiger partial charge in [0.15, 0.2) is 0 Å². The second-order valence-corrected chi connectivity index (χ2v) is 7.31. The molecular formula is C16H31N3O. The van der Waals surface area contributed by atoms with E-state index in [0.29, 0.717) is 31.1 Å². The highest BCUT2D eigenvalue weighted by molar-refractivity contribution is 5.79. The van der Waals surface area contributed by atoms with Crippen LogP contribution in [0.25, 0.3) is 0 Å². The van der Waals surface area contributed by atoms with E-state index in [1.807, 2.05) is 0 Å². The van der Waals surface area contributed by atoms with Crippen LogP contribution >= 0.6 is 0 Å². The van der Waals surface area contributed by atoms with Crippen LogP contribution in [0.5, 0.6) is 0 Å². The van der Waals surface area contributed by atoms with Gasteiger partial charge in [0.1, 0.15) is 0 Å². The van der Waals surface area contributed by atoms with E-state index in [2.05, 4.69) is 30.6 Å². The highest BCUT2D eigenvalue weighted by atomic mass is 16.2. The van der Waals surface area contributed by atoms with Crippen molar-refractivity contribution in [2.24, 2.45) is 11.1 Å². The molecule has 2 aliphatic rings. The molecule has 0 aromatic rings. The normalized spacial score (nSPS) is 28.4. The molecule has 1 saturated heterocycles. The molecule has 116 valence electrons. The number of carbonyl (C=O) groups excluding carboxylic acids is 1. The predicted molar refractivity (Wildman–Crippen MR) is 82.5 cm³/mol. The summed E-state index contributed by atoms with van der Waals surface area (Å²) >= 11 is 0. The third-order valence-electron chi connectivity index (χ3n) is 5.05. The molecule has 0 aromatic carbocycles. The minimum absolute atomic E-state index is 0.205. The van der Waals surface area contributed by atoms with Gasteiger partial charge >= 0.3 is 0 Å². The molecule has 1 heterocycles. The molecule has 4 nitrogen and oxygen atoms in total. The summed E-state index contributed by atoms with van der Waals surface area (Å²) in [5.74, 6) is 0.313. The van der Waals surface area contributed by atoms with Crippen molar-refractivity contribution >= 4 is 5.91 Å². The quantitative estimate of drug-likeness (QED) is 0.836. The van der Waals surface area contributed by atoms with Gasteiger partial charge in [-0.15, -0.1) is 0 Å². The SMILES string of the molecule is CC(C)N(C(=O)CN1CCC(C)(CN)C1)C1CCCC1. The van der Waals surface area contributed by atoms with Gasteiger partial charge in [-0.3, -0.25) is 9.69 Å². The lowest BCUT2D eigenvalue weighted by atomic mass is 9.90. The number of nitrogens with zero attached hydrogens (tertiary/aromatic N) is 2. The van der Waals surface area contributed by atoms with Crippen LogP contribution in [0.15, 0.2) is 0 Å². The Morgan fingerprint density at radius 2 is 2.05 bits per heavy atom. The zero-order valence-corrected chi connectivity index (χ0v) is 13.4. The third kappa shape index (κ3) is 3.53. The Bertz CT molecular complexity index is 339. The maximum absolute atomic E-state index is 12.7. The van der Waals surface area contributed by atoms with E-state index in [0.717, 1.165) is 19.5 Å². The van der Waals surface area contributed by atoms with E-state index in [9.17, 15) is 4.79 Å². The zero-order chi connectivity index (χ0) is 14.8. The van der Waals surface area contributed by atoms with Gasteiger partial charge < -0.3 is 10.6 Å². The van der Waals surface area contributed by atoms with Crippen molar-refractivity contribution in [3.05, 3.63) is 0 Å². The van der Waals surface area contributed by atoms with E-state index >= 15 is 0 Å². The number of nitrogens with two attached hydrogens (primary N) is 1. The maximum Gasteiger partial charge on any atom is 0.237 e. The average Bonchev–Trinajstić information content (AvgIpc) is 3.00. The highest BCUT2D eigenvalue weighted by Gasteiger charge is 2.35. The number of carbonyl (C=O) groups is 1. The summed E-state index contributed by atoms with van der Waals surface area (Å²) < 4.78 is 0. The summed E-state index contributed by atoms with van der Waals surface area (Å²) in [4.78, 5) is 17.1. The Labute approximate surface area is 123 Å². The molecule has 0 spiro atoms. The fourth-order valence-electron chi connectivity index (χ4n) is 3.80. The first kappa shape index (κ1) is 15.8. The Morgan fingerprint density at radius 1 is 1.40 bits per heavy atom. The van der Waals surface area contributed by atoms with Crippen LogP contribution < -0.4 is 5.73 Å². The van der Waals surface area contributed by atoms with Crippen molar-refractivity contribution in [3.8, 4) is 0 Å². The van der Waals surface area contributed by atoms with E-state index < -0.39 is 0 Å². The average molecular weight is 281 g/mol. The highest BCUT2D eigenvalue weighted by Crippen LogP contribution is 2.29. The second-order valence-electron chi connectivity index (χ2n) is 7.31. The fourth-order valence-corrected chi connectivity index (χ4v) is 3.80. The number of likely N-dealkylation sites (tertiary alicyclic amines) is 1. The summed E-state index contributed by atoms with van der Waals surface area (Å²) in [7, 11) is 0. The van der Waals surface area contributed by atoms with E-state index in [-0.39, 0.29) is 5.41 Å². The fraction of sp³-hybridized carbons (Fsp3) is 0.938. The van der Waals surface area contributed by atoms with Crippen molar-refractivity contribution in [1.82, 2.24) is 9.80 Å². The van der Waals surface area contributed by atoms with Gasteiger partial charge in [-0.25, -0.2) is 0 Å². The molecule has 20 heavy (non-hydrogen) atoms. The third-order valence-corrected chi connectivity index (χ3v) is 5.05. The van der Waals surface area contributed by atoms with Gasteiger partial charge in [-0.05, 0) is 51.6 Å². The van der Waals surface area contributed by atoms with Crippen LogP contribution in [-0.4, -0.2) is 54.0 Å². The molecule has 2 fully saturated rings. The lowest BCUT2D eigenvalue weighted by Crippen LogP contribution is -2.48. The number of amides is 1. The monoisotopic (exact) mass is 281 g/mol. The summed E-state index contributed by atoms with van der Waals surface area (Å²) in [5, 5.41) is 0. The smallest absolute Gasteiger partial charge is 0.237 e. The molecule has 1 unspecified atom stereocenters. The summed E-state index contributed by atoms with van der Waals surface area (Å²) in [6, 6.07) is 0.792. The van der Waals surface area contributed by atoms with Gasteiger partial charge in [-0.2, -0.15) is 0 Å². The Morgan fingerprint density at radius 3 is 2.55 bits per heavy atom. The molecule has 1 aliphatic heterocycles. The molecule has 2 N–H and O–H groups in total.